The molecule has 1 saturated carbocycles. The summed E-state index contributed by atoms with van der Waals surface area (Å²) in [4.78, 5) is 1.92. The van der Waals surface area contributed by atoms with Gasteiger partial charge in [-0.2, -0.15) is 5.26 Å². The third kappa shape index (κ3) is 2.67. The summed E-state index contributed by atoms with van der Waals surface area (Å²) in [5.74, 6) is 0. The van der Waals surface area contributed by atoms with E-state index in [1.165, 1.54) is 32.1 Å². The summed E-state index contributed by atoms with van der Waals surface area (Å²) < 4.78 is 0. The van der Waals surface area contributed by atoms with Gasteiger partial charge in [0.1, 0.15) is 0 Å². The fraction of sp³-hybridized carbons (Fsp3) is 0.889. The van der Waals surface area contributed by atoms with Crippen molar-refractivity contribution in [1.82, 2.24) is 4.90 Å². The highest BCUT2D eigenvalue weighted by atomic mass is 79.9. The molecule has 68 valence electrons. The molecule has 0 bridgehead atoms. The first-order valence-corrected chi connectivity index (χ1v) is 5.73. The van der Waals surface area contributed by atoms with Gasteiger partial charge >= 0.3 is 0 Å². The Kier molecular flexibility index (Phi) is 4.45. The second-order valence-corrected chi connectivity index (χ2v) is 4.07. The zero-order chi connectivity index (χ0) is 8.81. The Balaban J connectivity index is 2.36. The fourth-order valence-corrected chi connectivity index (χ4v) is 2.18. The van der Waals surface area contributed by atoms with Crippen LogP contribution in [0.1, 0.15) is 32.1 Å². The Morgan fingerprint density at radius 3 is 2.50 bits per heavy atom. The summed E-state index contributed by atoms with van der Waals surface area (Å²) in [6, 6.07) is 0.529. The van der Waals surface area contributed by atoms with Gasteiger partial charge < -0.3 is 4.90 Å². The average Bonchev–Trinajstić information content (AvgIpc) is 2.15. The van der Waals surface area contributed by atoms with Gasteiger partial charge in [0.15, 0.2) is 6.19 Å². The van der Waals surface area contributed by atoms with Crippen LogP contribution in [-0.2, 0) is 0 Å². The van der Waals surface area contributed by atoms with Crippen LogP contribution in [0.5, 0.6) is 0 Å². The molecule has 0 aromatic carbocycles. The van der Waals surface area contributed by atoms with Crippen molar-refractivity contribution in [1.29, 1.82) is 5.26 Å². The second-order valence-electron chi connectivity index (χ2n) is 3.27. The van der Waals surface area contributed by atoms with Gasteiger partial charge in [0.25, 0.3) is 0 Å². The number of alkyl halides is 1. The van der Waals surface area contributed by atoms with Crippen LogP contribution in [0.3, 0.4) is 0 Å². The van der Waals surface area contributed by atoms with Crippen LogP contribution in [0.15, 0.2) is 0 Å². The highest BCUT2D eigenvalue weighted by Gasteiger charge is 2.18. The molecule has 0 amide bonds. The highest BCUT2D eigenvalue weighted by molar-refractivity contribution is 9.09. The maximum Gasteiger partial charge on any atom is 0.179 e. The van der Waals surface area contributed by atoms with Crippen LogP contribution in [0.2, 0.25) is 0 Å². The van der Waals surface area contributed by atoms with E-state index in [2.05, 4.69) is 22.1 Å². The van der Waals surface area contributed by atoms with E-state index >= 15 is 0 Å². The molecule has 1 aliphatic rings. The molecule has 0 saturated heterocycles. The van der Waals surface area contributed by atoms with Crippen molar-refractivity contribution in [2.24, 2.45) is 0 Å². The molecule has 0 atom stereocenters. The third-order valence-corrected chi connectivity index (χ3v) is 2.82. The predicted octanol–water partition coefficient (Wildman–Crippen LogP) is 2.50. The minimum absolute atomic E-state index is 0.529. The smallest absolute Gasteiger partial charge is 0.179 e. The van der Waals surface area contributed by atoms with Crippen molar-refractivity contribution >= 4 is 15.9 Å². The molecular formula is C9H15BrN2. The monoisotopic (exact) mass is 230 g/mol. The van der Waals surface area contributed by atoms with Crippen molar-refractivity contribution in [2.45, 2.75) is 38.1 Å². The SMILES string of the molecule is N#CN(CCBr)C1CCCCC1. The van der Waals surface area contributed by atoms with Crippen molar-refractivity contribution < 1.29 is 0 Å². The van der Waals surface area contributed by atoms with Crippen LogP contribution >= 0.6 is 15.9 Å². The number of nitrogens with zero attached hydrogens (tertiary/aromatic N) is 2. The van der Waals surface area contributed by atoms with Gasteiger partial charge in [-0.15, -0.1) is 0 Å². The second kappa shape index (κ2) is 5.42. The summed E-state index contributed by atoms with van der Waals surface area (Å²) in [6.45, 7) is 0.862. The lowest BCUT2D eigenvalue weighted by Gasteiger charge is -2.29. The number of hydrogen-bond donors (Lipinski definition) is 0. The first-order valence-electron chi connectivity index (χ1n) is 4.61. The molecule has 1 aliphatic carbocycles. The van der Waals surface area contributed by atoms with Crippen LogP contribution in [-0.4, -0.2) is 22.8 Å². The van der Waals surface area contributed by atoms with Crippen molar-refractivity contribution in [3.63, 3.8) is 0 Å². The normalized spacial score (nSPS) is 18.7. The molecule has 12 heavy (non-hydrogen) atoms. The lowest BCUT2D eigenvalue weighted by Crippen LogP contribution is -2.34. The minimum atomic E-state index is 0.529. The van der Waals surface area contributed by atoms with Crippen molar-refractivity contribution in [3.8, 4) is 6.19 Å². The topological polar surface area (TPSA) is 27.0 Å². The first kappa shape index (κ1) is 9.85. The molecule has 2 nitrogen and oxygen atoms in total. The molecule has 0 unspecified atom stereocenters. The molecule has 1 rings (SSSR count). The predicted molar refractivity (Wildman–Crippen MR) is 53.0 cm³/mol. The highest BCUT2D eigenvalue weighted by Crippen LogP contribution is 2.21. The van der Waals surface area contributed by atoms with E-state index in [-0.39, 0.29) is 0 Å². The summed E-state index contributed by atoms with van der Waals surface area (Å²) in [6.07, 6.45) is 8.64. The van der Waals surface area contributed by atoms with E-state index < -0.39 is 0 Å². The number of nitriles is 1. The molecule has 0 aromatic heterocycles. The largest absolute Gasteiger partial charge is 0.307 e. The van der Waals surface area contributed by atoms with Gasteiger partial charge in [-0.3, -0.25) is 0 Å². The fourth-order valence-electron chi connectivity index (χ4n) is 1.80. The maximum atomic E-state index is 8.86. The van der Waals surface area contributed by atoms with E-state index in [1.807, 2.05) is 4.90 Å². The van der Waals surface area contributed by atoms with E-state index in [0.29, 0.717) is 6.04 Å². The number of rotatable bonds is 3. The molecule has 0 spiro atoms. The van der Waals surface area contributed by atoms with E-state index in [0.717, 1.165) is 11.9 Å². The number of hydrogen-bond acceptors (Lipinski definition) is 2. The summed E-state index contributed by atoms with van der Waals surface area (Å²) in [5.41, 5.74) is 0. The quantitative estimate of drug-likeness (QED) is 0.424. The zero-order valence-electron chi connectivity index (χ0n) is 7.30. The van der Waals surface area contributed by atoms with Crippen LogP contribution in [0, 0.1) is 11.5 Å². The summed E-state index contributed by atoms with van der Waals surface area (Å²) >= 11 is 3.36. The maximum absolute atomic E-state index is 8.86. The Morgan fingerprint density at radius 1 is 1.33 bits per heavy atom. The summed E-state index contributed by atoms with van der Waals surface area (Å²) in [5, 5.41) is 9.76. The van der Waals surface area contributed by atoms with Gasteiger partial charge in [-0.05, 0) is 12.8 Å². The lowest BCUT2D eigenvalue weighted by atomic mass is 9.94. The Hall–Kier alpha value is -0.230. The van der Waals surface area contributed by atoms with Gasteiger partial charge in [-0.25, -0.2) is 0 Å². The molecule has 1 fully saturated rings. The van der Waals surface area contributed by atoms with Gasteiger partial charge in [0.05, 0.1) is 0 Å². The van der Waals surface area contributed by atoms with Crippen LogP contribution in [0.25, 0.3) is 0 Å². The third-order valence-electron chi connectivity index (χ3n) is 2.47. The molecule has 3 heteroatoms. The molecule has 0 N–H and O–H groups in total. The summed E-state index contributed by atoms with van der Waals surface area (Å²) in [7, 11) is 0. The average molecular weight is 231 g/mol. The molecule has 0 heterocycles. The first-order chi connectivity index (χ1) is 5.88. The van der Waals surface area contributed by atoms with Gasteiger partial charge in [-0.1, -0.05) is 35.2 Å². The Morgan fingerprint density at radius 2 is 2.00 bits per heavy atom. The van der Waals surface area contributed by atoms with Crippen LogP contribution < -0.4 is 0 Å². The van der Waals surface area contributed by atoms with Gasteiger partial charge in [0.2, 0.25) is 0 Å². The van der Waals surface area contributed by atoms with Gasteiger partial charge in [0, 0.05) is 17.9 Å². The Labute approximate surface area is 82.7 Å². The van der Waals surface area contributed by atoms with Crippen molar-refractivity contribution in [2.75, 3.05) is 11.9 Å². The zero-order valence-corrected chi connectivity index (χ0v) is 8.89. The molecule has 0 aliphatic heterocycles. The lowest BCUT2D eigenvalue weighted by molar-refractivity contribution is 0.238. The molecule has 0 radical (unpaired) electrons. The van der Waals surface area contributed by atoms with Crippen LogP contribution in [0.4, 0.5) is 0 Å². The molecule has 0 aromatic rings. The minimum Gasteiger partial charge on any atom is -0.307 e. The van der Waals surface area contributed by atoms with E-state index in [4.69, 9.17) is 5.26 Å². The standard InChI is InChI=1S/C9H15BrN2/c10-6-7-12(8-11)9-4-2-1-3-5-9/h9H,1-7H2. The Bertz CT molecular complexity index is 158. The van der Waals surface area contributed by atoms with E-state index in [1.54, 1.807) is 0 Å². The molecular weight excluding hydrogens is 216 g/mol. The van der Waals surface area contributed by atoms with Crippen molar-refractivity contribution in [3.05, 3.63) is 0 Å². The number of halogens is 1. The van der Waals surface area contributed by atoms with E-state index in [9.17, 15) is 0 Å².